The molecule has 144 valence electrons. The van der Waals surface area contributed by atoms with E-state index in [0.29, 0.717) is 12.2 Å². The van der Waals surface area contributed by atoms with Crippen molar-refractivity contribution < 1.29 is 9.59 Å². The van der Waals surface area contributed by atoms with E-state index in [1.54, 1.807) is 4.90 Å². The number of rotatable bonds is 3. The molecule has 29 heavy (non-hydrogen) atoms. The number of aromatic nitrogens is 3. The summed E-state index contributed by atoms with van der Waals surface area (Å²) >= 11 is 0. The Morgan fingerprint density at radius 3 is 2.76 bits per heavy atom. The first kappa shape index (κ1) is 17.2. The van der Waals surface area contributed by atoms with Crippen LogP contribution >= 0.6 is 0 Å². The highest BCUT2D eigenvalue weighted by atomic mass is 16.2. The van der Waals surface area contributed by atoms with Crippen LogP contribution in [0.25, 0.3) is 16.4 Å². The van der Waals surface area contributed by atoms with Gasteiger partial charge in [0.1, 0.15) is 5.56 Å². The van der Waals surface area contributed by atoms with Gasteiger partial charge in [-0.2, -0.15) is 0 Å². The first-order chi connectivity index (χ1) is 14.0. The van der Waals surface area contributed by atoms with Crippen LogP contribution in [0.5, 0.6) is 0 Å². The molecule has 5 rings (SSSR count). The molecular formula is C21H17N5O3. The van der Waals surface area contributed by atoms with Gasteiger partial charge >= 0.3 is 0 Å². The van der Waals surface area contributed by atoms with E-state index in [2.05, 4.69) is 10.1 Å². The highest BCUT2D eigenvalue weighted by molar-refractivity contribution is 6.05. The summed E-state index contributed by atoms with van der Waals surface area (Å²) in [5.41, 5.74) is 6.66. The molecule has 1 atom stereocenters. The molecule has 0 bridgehead atoms. The van der Waals surface area contributed by atoms with Crippen molar-refractivity contribution in [2.45, 2.75) is 12.3 Å². The van der Waals surface area contributed by atoms with Gasteiger partial charge in [-0.25, -0.2) is 9.50 Å². The summed E-state index contributed by atoms with van der Waals surface area (Å²) in [4.78, 5) is 43.1. The van der Waals surface area contributed by atoms with E-state index in [4.69, 9.17) is 5.73 Å². The highest BCUT2D eigenvalue weighted by Crippen LogP contribution is 2.34. The third kappa shape index (κ3) is 2.68. The molecule has 3 N–H and O–H groups in total. The molecule has 4 aromatic rings. The summed E-state index contributed by atoms with van der Waals surface area (Å²) in [6.45, 7) is 0.409. The second kappa shape index (κ2) is 6.30. The number of hydrogen-bond donors (Lipinski definition) is 2. The zero-order valence-corrected chi connectivity index (χ0v) is 15.3. The standard InChI is InChI=1S/C21H17N5O3/c22-20(29)15-10-23-26-19(28)9-16(24-21(15)26)13-8-18(27)25(11-13)17-7-3-5-12-4-1-2-6-14(12)17/h1-7,9-10,13,23H,8,11H2,(H2,22,29)/t13-/m1/s1. The van der Waals surface area contributed by atoms with Gasteiger partial charge < -0.3 is 10.6 Å². The van der Waals surface area contributed by atoms with Crippen molar-refractivity contribution in [3.8, 4) is 0 Å². The van der Waals surface area contributed by atoms with Crippen molar-refractivity contribution in [1.29, 1.82) is 0 Å². The van der Waals surface area contributed by atoms with Crippen LogP contribution in [-0.4, -0.2) is 33.0 Å². The molecule has 3 heterocycles. The summed E-state index contributed by atoms with van der Waals surface area (Å²) in [5, 5.41) is 4.73. The van der Waals surface area contributed by atoms with Crippen molar-refractivity contribution in [2.24, 2.45) is 5.73 Å². The van der Waals surface area contributed by atoms with Crippen LogP contribution in [-0.2, 0) is 4.79 Å². The van der Waals surface area contributed by atoms with Gasteiger partial charge in [-0.05, 0) is 11.5 Å². The Hall–Kier alpha value is -3.94. The average molecular weight is 387 g/mol. The second-order valence-electron chi connectivity index (χ2n) is 7.13. The lowest BCUT2D eigenvalue weighted by atomic mass is 10.0. The fourth-order valence-corrected chi connectivity index (χ4v) is 3.97. The fraction of sp³-hybridized carbons (Fsp3) is 0.143. The van der Waals surface area contributed by atoms with Crippen molar-refractivity contribution in [2.75, 3.05) is 11.4 Å². The van der Waals surface area contributed by atoms with Crippen LogP contribution in [0, 0.1) is 0 Å². The van der Waals surface area contributed by atoms with Gasteiger partial charge in [0.25, 0.3) is 11.5 Å². The minimum absolute atomic E-state index is 0.0301. The Morgan fingerprint density at radius 1 is 1.14 bits per heavy atom. The van der Waals surface area contributed by atoms with Gasteiger partial charge in [0.2, 0.25) is 5.91 Å². The molecule has 0 saturated carbocycles. The number of aromatic amines is 1. The zero-order chi connectivity index (χ0) is 20.1. The van der Waals surface area contributed by atoms with Crippen LogP contribution in [0.3, 0.4) is 0 Å². The Balaban J connectivity index is 1.56. The van der Waals surface area contributed by atoms with Crippen molar-refractivity contribution in [1.82, 2.24) is 14.6 Å². The number of nitrogens with zero attached hydrogens (tertiary/aromatic N) is 3. The zero-order valence-electron chi connectivity index (χ0n) is 15.3. The van der Waals surface area contributed by atoms with Gasteiger partial charge in [0, 0.05) is 36.5 Å². The van der Waals surface area contributed by atoms with E-state index in [-0.39, 0.29) is 35.0 Å². The number of hydrogen-bond acceptors (Lipinski definition) is 4. The molecule has 0 aliphatic carbocycles. The Kier molecular flexibility index (Phi) is 3.73. The monoisotopic (exact) mass is 387 g/mol. The summed E-state index contributed by atoms with van der Waals surface area (Å²) in [6.07, 6.45) is 1.60. The van der Waals surface area contributed by atoms with Crippen LogP contribution in [0.1, 0.15) is 28.4 Å². The summed E-state index contributed by atoms with van der Waals surface area (Å²) in [7, 11) is 0. The molecule has 2 amide bonds. The molecule has 8 nitrogen and oxygen atoms in total. The van der Waals surface area contributed by atoms with E-state index in [1.807, 2.05) is 42.5 Å². The number of fused-ring (bicyclic) bond motifs is 2. The number of amides is 2. The molecular weight excluding hydrogens is 370 g/mol. The molecule has 0 radical (unpaired) electrons. The number of benzene rings is 2. The lowest BCUT2D eigenvalue weighted by Crippen LogP contribution is -2.25. The molecule has 1 aliphatic rings. The maximum atomic E-state index is 12.8. The van der Waals surface area contributed by atoms with Crippen molar-refractivity contribution in [3.05, 3.63) is 76.3 Å². The minimum Gasteiger partial charge on any atom is -0.365 e. The van der Waals surface area contributed by atoms with Gasteiger partial charge in [0.15, 0.2) is 5.65 Å². The number of primary amides is 1. The molecule has 2 aromatic heterocycles. The predicted molar refractivity (Wildman–Crippen MR) is 108 cm³/mol. The van der Waals surface area contributed by atoms with Gasteiger partial charge in [-0.15, -0.1) is 0 Å². The average Bonchev–Trinajstić information content (AvgIpc) is 3.31. The summed E-state index contributed by atoms with van der Waals surface area (Å²) in [6, 6.07) is 15.1. The van der Waals surface area contributed by atoms with Crippen LogP contribution in [0.4, 0.5) is 5.69 Å². The lowest BCUT2D eigenvalue weighted by molar-refractivity contribution is -0.117. The van der Waals surface area contributed by atoms with Gasteiger partial charge in [0.05, 0.1) is 11.4 Å². The summed E-state index contributed by atoms with van der Waals surface area (Å²) < 4.78 is 1.17. The van der Waals surface area contributed by atoms with E-state index < -0.39 is 5.91 Å². The molecule has 0 unspecified atom stereocenters. The largest absolute Gasteiger partial charge is 0.365 e. The molecule has 1 fully saturated rings. The second-order valence-corrected chi connectivity index (χ2v) is 7.13. The number of nitrogens with two attached hydrogens (primary N) is 1. The van der Waals surface area contributed by atoms with Gasteiger partial charge in [-0.3, -0.25) is 19.5 Å². The summed E-state index contributed by atoms with van der Waals surface area (Å²) in [5.74, 6) is -0.958. The molecule has 0 spiro atoms. The quantitative estimate of drug-likeness (QED) is 0.558. The van der Waals surface area contributed by atoms with E-state index in [0.717, 1.165) is 16.5 Å². The molecule has 1 saturated heterocycles. The number of H-pyrrole nitrogens is 1. The third-order valence-corrected chi connectivity index (χ3v) is 5.38. The molecule has 8 heteroatoms. The topological polar surface area (TPSA) is 114 Å². The molecule has 2 aromatic carbocycles. The Bertz CT molecular complexity index is 1350. The fourth-order valence-electron chi connectivity index (χ4n) is 3.97. The van der Waals surface area contributed by atoms with Crippen LogP contribution in [0.2, 0.25) is 0 Å². The van der Waals surface area contributed by atoms with E-state index >= 15 is 0 Å². The normalized spacial score (nSPS) is 16.8. The van der Waals surface area contributed by atoms with Crippen LogP contribution in [0.15, 0.2) is 59.5 Å². The molecule has 1 aliphatic heterocycles. The van der Waals surface area contributed by atoms with E-state index in [1.165, 1.54) is 16.8 Å². The maximum Gasteiger partial charge on any atom is 0.272 e. The van der Waals surface area contributed by atoms with Gasteiger partial charge in [-0.1, -0.05) is 36.4 Å². The first-order valence-electron chi connectivity index (χ1n) is 9.22. The smallest absolute Gasteiger partial charge is 0.272 e. The Labute approximate surface area is 164 Å². The Morgan fingerprint density at radius 2 is 1.93 bits per heavy atom. The number of nitrogens with one attached hydrogen (secondary N) is 1. The van der Waals surface area contributed by atoms with E-state index in [9.17, 15) is 14.4 Å². The number of anilines is 1. The number of carbonyl (C=O) groups excluding carboxylic acids is 2. The first-order valence-corrected chi connectivity index (χ1v) is 9.22. The highest BCUT2D eigenvalue weighted by Gasteiger charge is 2.34. The minimum atomic E-state index is -0.673. The third-order valence-electron chi connectivity index (χ3n) is 5.38. The van der Waals surface area contributed by atoms with Crippen molar-refractivity contribution >= 4 is 33.9 Å². The number of carbonyl (C=O) groups is 2. The lowest BCUT2D eigenvalue weighted by Gasteiger charge is -2.19. The predicted octanol–water partition coefficient (Wildman–Crippen LogP) is 1.80. The SMILES string of the molecule is NC(=O)c1c[nH]n2c(=O)cc([C@@H]3CC(=O)N(c4cccc5ccccc45)C3)nc12. The van der Waals surface area contributed by atoms with Crippen LogP contribution < -0.4 is 16.2 Å². The van der Waals surface area contributed by atoms with Crippen molar-refractivity contribution in [3.63, 3.8) is 0 Å². The maximum absolute atomic E-state index is 12.8.